The molecule has 0 spiro atoms. The first kappa shape index (κ1) is 18.0. The zero-order valence-corrected chi connectivity index (χ0v) is 15.4. The molecule has 1 aliphatic rings. The standard InChI is InChI=1S/C19H24FN3OS/c1-11(2)10-14(21)18(24)22-15-4-3-5-16-17(15)25-19(23-16)12-6-8-13(20)9-7-12/h6-9,11,14-15H,3-5,10,21H2,1-2H3,(H,22,24)/t14-,15?/m0/s1. The zero-order chi connectivity index (χ0) is 18.0. The molecule has 4 nitrogen and oxygen atoms in total. The molecular weight excluding hydrogens is 337 g/mol. The average Bonchev–Trinajstić information content (AvgIpc) is 3.00. The molecule has 6 heteroatoms. The maximum Gasteiger partial charge on any atom is 0.237 e. The lowest BCUT2D eigenvalue weighted by atomic mass is 9.97. The van der Waals surface area contributed by atoms with Crippen molar-refractivity contribution < 1.29 is 9.18 Å². The second-order valence-electron chi connectivity index (χ2n) is 7.03. The molecule has 2 aromatic rings. The van der Waals surface area contributed by atoms with Crippen LogP contribution in [0.2, 0.25) is 0 Å². The van der Waals surface area contributed by atoms with Crippen LogP contribution in [0.5, 0.6) is 0 Å². The molecule has 0 saturated heterocycles. The van der Waals surface area contributed by atoms with Gasteiger partial charge >= 0.3 is 0 Å². The van der Waals surface area contributed by atoms with Crippen LogP contribution in [0.15, 0.2) is 24.3 Å². The predicted octanol–water partition coefficient (Wildman–Crippen LogP) is 3.82. The SMILES string of the molecule is CC(C)C[C@H](N)C(=O)NC1CCCc2nc(-c3ccc(F)cc3)sc21. The van der Waals surface area contributed by atoms with Crippen LogP contribution < -0.4 is 11.1 Å². The number of fused-ring (bicyclic) bond motifs is 1. The molecule has 0 fully saturated rings. The van der Waals surface area contributed by atoms with E-state index in [9.17, 15) is 9.18 Å². The van der Waals surface area contributed by atoms with Crippen molar-refractivity contribution >= 4 is 17.2 Å². The number of carbonyl (C=O) groups is 1. The monoisotopic (exact) mass is 361 g/mol. The molecule has 2 atom stereocenters. The molecule has 1 unspecified atom stereocenters. The van der Waals surface area contributed by atoms with Crippen LogP contribution in [0.1, 0.15) is 49.7 Å². The number of aromatic nitrogens is 1. The minimum absolute atomic E-state index is 0.0267. The van der Waals surface area contributed by atoms with E-state index in [1.54, 1.807) is 23.5 Å². The molecule has 1 amide bonds. The summed E-state index contributed by atoms with van der Waals surface area (Å²) in [5.41, 5.74) is 7.95. The molecule has 1 aromatic carbocycles. The quantitative estimate of drug-likeness (QED) is 0.851. The van der Waals surface area contributed by atoms with Gasteiger partial charge in [-0.05, 0) is 55.9 Å². The first-order valence-corrected chi connectivity index (χ1v) is 9.57. The topological polar surface area (TPSA) is 68.0 Å². The van der Waals surface area contributed by atoms with E-state index in [1.165, 1.54) is 12.1 Å². The summed E-state index contributed by atoms with van der Waals surface area (Å²) >= 11 is 1.58. The molecule has 0 bridgehead atoms. The highest BCUT2D eigenvalue weighted by molar-refractivity contribution is 7.15. The van der Waals surface area contributed by atoms with Gasteiger partial charge in [0.05, 0.1) is 22.7 Å². The van der Waals surface area contributed by atoms with E-state index in [-0.39, 0.29) is 17.8 Å². The Balaban J connectivity index is 1.77. The van der Waals surface area contributed by atoms with Gasteiger partial charge in [0.2, 0.25) is 5.91 Å². The highest BCUT2D eigenvalue weighted by Gasteiger charge is 2.28. The Morgan fingerprint density at radius 1 is 1.40 bits per heavy atom. The Kier molecular flexibility index (Phi) is 5.49. The highest BCUT2D eigenvalue weighted by Crippen LogP contribution is 2.38. The lowest BCUT2D eigenvalue weighted by Crippen LogP contribution is -2.43. The lowest BCUT2D eigenvalue weighted by Gasteiger charge is -2.24. The molecule has 0 saturated carbocycles. The number of aryl methyl sites for hydroxylation is 1. The Morgan fingerprint density at radius 2 is 2.12 bits per heavy atom. The number of nitrogens with two attached hydrogens (primary N) is 1. The third kappa shape index (κ3) is 4.25. The van der Waals surface area contributed by atoms with E-state index in [1.807, 2.05) is 0 Å². The van der Waals surface area contributed by atoms with Gasteiger partial charge in [-0.3, -0.25) is 4.79 Å². The van der Waals surface area contributed by atoms with E-state index in [4.69, 9.17) is 10.7 Å². The molecule has 1 heterocycles. The summed E-state index contributed by atoms with van der Waals surface area (Å²) in [6.07, 6.45) is 3.48. The molecular formula is C19H24FN3OS. The van der Waals surface area contributed by atoms with Crippen LogP contribution >= 0.6 is 11.3 Å². The summed E-state index contributed by atoms with van der Waals surface area (Å²) in [6.45, 7) is 4.12. The molecule has 0 aliphatic heterocycles. The van der Waals surface area contributed by atoms with E-state index >= 15 is 0 Å². The van der Waals surface area contributed by atoms with E-state index in [0.717, 1.165) is 40.4 Å². The third-order valence-electron chi connectivity index (χ3n) is 4.42. The number of nitrogens with one attached hydrogen (secondary N) is 1. The van der Waals surface area contributed by atoms with Crippen LogP contribution in [-0.2, 0) is 11.2 Å². The molecule has 3 rings (SSSR count). The third-order valence-corrected chi connectivity index (χ3v) is 5.68. The number of carbonyl (C=O) groups excluding carboxylic acids is 1. The maximum absolute atomic E-state index is 13.1. The molecule has 3 N–H and O–H groups in total. The van der Waals surface area contributed by atoms with E-state index in [0.29, 0.717) is 12.3 Å². The molecule has 134 valence electrons. The van der Waals surface area contributed by atoms with Gasteiger partial charge in [0.25, 0.3) is 0 Å². The van der Waals surface area contributed by atoms with Crippen molar-refractivity contribution in [3.8, 4) is 10.6 Å². The van der Waals surface area contributed by atoms with Gasteiger partial charge in [0.1, 0.15) is 10.8 Å². The smallest absolute Gasteiger partial charge is 0.237 e. The van der Waals surface area contributed by atoms with E-state index in [2.05, 4.69) is 19.2 Å². The molecule has 1 aliphatic carbocycles. The fourth-order valence-corrected chi connectivity index (χ4v) is 4.37. The van der Waals surface area contributed by atoms with Crippen molar-refractivity contribution in [3.63, 3.8) is 0 Å². The minimum Gasteiger partial charge on any atom is -0.347 e. The first-order valence-electron chi connectivity index (χ1n) is 8.75. The number of halogens is 1. The summed E-state index contributed by atoms with van der Waals surface area (Å²) in [5, 5.41) is 3.97. The average molecular weight is 361 g/mol. The van der Waals surface area contributed by atoms with Gasteiger partial charge in [-0.2, -0.15) is 0 Å². The Labute approximate surface area is 151 Å². The van der Waals surface area contributed by atoms with Crippen LogP contribution in [0.3, 0.4) is 0 Å². The summed E-state index contributed by atoms with van der Waals surface area (Å²) in [6, 6.07) is 5.87. The van der Waals surface area contributed by atoms with Crippen molar-refractivity contribution in [3.05, 3.63) is 40.7 Å². The predicted molar refractivity (Wildman–Crippen MR) is 98.8 cm³/mol. The number of hydrogen-bond donors (Lipinski definition) is 2. The fourth-order valence-electron chi connectivity index (χ4n) is 3.17. The summed E-state index contributed by atoms with van der Waals surface area (Å²) < 4.78 is 13.1. The second kappa shape index (κ2) is 7.62. The number of amides is 1. The second-order valence-corrected chi connectivity index (χ2v) is 8.06. The normalized spacial score (nSPS) is 18.0. The zero-order valence-electron chi connectivity index (χ0n) is 14.6. The first-order chi connectivity index (χ1) is 11.9. The van der Waals surface area contributed by atoms with Crippen LogP contribution in [0.4, 0.5) is 4.39 Å². The molecule has 0 radical (unpaired) electrons. The minimum atomic E-state index is -0.477. The lowest BCUT2D eigenvalue weighted by molar-refractivity contribution is -0.123. The van der Waals surface area contributed by atoms with Gasteiger partial charge in [-0.15, -0.1) is 11.3 Å². The number of hydrogen-bond acceptors (Lipinski definition) is 4. The van der Waals surface area contributed by atoms with Gasteiger partial charge in [0.15, 0.2) is 0 Å². The Bertz CT molecular complexity index is 742. The van der Waals surface area contributed by atoms with E-state index < -0.39 is 6.04 Å². The van der Waals surface area contributed by atoms with Crippen molar-refractivity contribution in [1.82, 2.24) is 10.3 Å². The van der Waals surface area contributed by atoms with Crippen LogP contribution in [0.25, 0.3) is 10.6 Å². The maximum atomic E-state index is 13.1. The number of rotatable bonds is 5. The molecule has 25 heavy (non-hydrogen) atoms. The van der Waals surface area contributed by atoms with Gasteiger partial charge in [-0.1, -0.05) is 13.8 Å². The van der Waals surface area contributed by atoms with Crippen LogP contribution in [-0.4, -0.2) is 16.9 Å². The summed E-state index contributed by atoms with van der Waals surface area (Å²) in [7, 11) is 0. The van der Waals surface area contributed by atoms with Gasteiger partial charge in [-0.25, -0.2) is 9.37 Å². The Hall–Kier alpha value is -1.79. The van der Waals surface area contributed by atoms with Gasteiger partial charge < -0.3 is 11.1 Å². The largest absolute Gasteiger partial charge is 0.347 e. The molecule has 1 aromatic heterocycles. The highest BCUT2D eigenvalue weighted by atomic mass is 32.1. The van der Waals surface area contributed by atoms with Crippen molar-refractivity contribution in [2.75, 3.05) is 0 Å². The van der Waals surface area contributed by atoms with Crippen LogP contribution in [0, 0.1) is 11.7 Å². The number of nitrogens with zero attached hydrogens (tertiary/aromatic N) is 1. The van der Waals surface area contributed by atoms with Crippen molar-refractivity contribution in [2.45, 2.75) is 51.6 Å². The van der Waals surface area contributed by atoms with Crippen molar-refractivity contribution in [1.29, 1.82) is 0 Å². The van der Waals surface area contributed by atoms with Gasteiger partial charge in [0, 0.05) is 5.56 Å². The summed E-state index contributed by atoms with van der Waals surface area (Å²) in [4.78, 5) is 18.2. The van der Waals surface area contributed by atoms with Crippen molar-refractivity contribution in [2.24, 2.45) is 11.7 Å². The Morgan fingerprint density at radius 3 is 2.80 bits per heavy atom. The summed E-state index contributed by atoms with van der Waals surface area (Å²) in [5.74, 6) is 0.0359. The number of thiazole rings is 1. The fraction of sp³-hybridized carbons (Fsp3) is 0.474. The number of benzene rings is 1.